The number of fused-ring (bicyclic) bond motifs is 2. The van der Waals surface area contributed by atoms with E-state index in [0.29, 0.717) is 12.2 Å². The molecule has 1 aromatic heterocycles. The first-order chi connectivity index (χ1) is 14.5. The Balaban J connectivity index is 1.51. The highest BCUT2D eigenvalue weighted by atomic mass is 16.3. The fraction of sp³-hybridized carbons (Fsp3) is 0.520. The van der Waals surface area contributed by atoms with Gasteiger partial charge in [-0.15, -0.1) is 0 Å². The fourth-order valence-corrected chi connectivity index (χ4v) is 5.47. The average molecular weight is 409 g/mol. The van der Waals surface area contributed by atoms with Crippen molar-refractivity contribution < 1.29 is 14.0 Å². The van der Waals surface area contributed by atoms with Crippen molar-refractivity contribution in [2.75, 3.05) is 26.2 Å². The van der Waals surface area contributed by atoms with Crippen molar-refractivity contribution in [2.24, 2.45) is 0 Å². The van der Waals surface area contributed by atoms with E-state index in [2.05, 4.69) is 24.3 Å². The molecule has 1 fully saturated rings. The topological polar surface area (TPSA) is 53.8 Å². The molecular weight excluding hydrogens is 376 g/mol. The van der Waals surface area contributed by atoms with Gasteiger partial charge in [-0.2, -0.15) is 0 Å². The molecule has 5 heteroatoms. The van der Waals surface area contributed by atoms with E-state index < -0.39 is 0 Å². The van der Waals surface area contributed by atoms with Crippen molar-refractivity contribution in [1.29, 1.82) is 0 Å². The van der Waals surface area contributed by atoms with E-state index in [4.69, 9.17) is 4.42 Å². The Kier molecular flexibility index (Phi) is 5.72. The molecule has 0 saturated carbocycles. The van der Waals surface area contributed by atoms with Gasteiger partial charge in [0, 0.05) is 38.2 Å². The number of likely N-dealkylation sites (tertiary alicyclic amines) is 1. The third kappa shape index (κ3) is 3.55. The number of piperidine rings is 1. The standard InChI is InChI=1S/C25H32N2O3/c1-4-26(5-2)22(28)16-19-17-25(21-9-7-6-8-20(19)21)11-13-27(14-12-25)24(29)23-18(3)10-15-30-23/h6-10,15,19H,4-5,11-14,16-17H2,1-3H3/t19-/m0/s1. The monoisotopic (exact) mass is 408 g/mol. The van der Waals surface area contributed by atoms with Crippen molar-refractivity contribution in [3.8, 4) is 0 Å². The summed E-state index contributed by atoms with van der Waals surface area (Å²) >= 11 is 0. The second-order valence-electron chi connectivity index (χ2n) is 8.76. The lowest BCUT2D eigenvalue weighted by Gasteiger charge is -2.40. The summed E-state index contributed by atoms with van der Waals surface area (Å²) < 4.78 is 5.42. The number of hydrogen-bond donors (Lipinski definition) is 0. The van der Waals surface area contributed by atoms with Gasteiger partial charge in [0.15, 0.2) is 5.76 Å². The Morgan fingerprint density at radius 2 is 1.83 bits per heavy atom. The zero-order valence-electron chi connectivity index (χ0n) is 18.3. The van der Waals surface area contributed by atoms with Crippen molar-refractivity contribution in [1.82, 2.24) is 9.80 Å². The number of furan rings is 1. The molecule has 0 N–H and O–H groups in total. The third-order valence-corrected chi connectivity index (χ3v) is 7.21. The predicted molar refractivity (Wildman–Crippen MR) is 117 cm³/mol. The van der Waals surface area contributed by atoms with Crippen LogP contribution in [0.15, 0.2) is 41.0 Å². The first kappa shape index (κ1) is 20.7. The van der Waals surface area contributed by atoms with Gasteiger partial charge in [0.05, 0.1) is 6.26 Å². The van der Waals surface area contributed by atoms with E-state index in [1.165, 1.54) is 11.1 Å². The quantitative estimate of drug-likeness (QED) is 0.732. The van der Waals surface area contributed by atoms with E-state index >= 15 is 0 Å². The number of hydrogen-bond acceptors (Lipinski definition) is 3. The lowest BCUT2D eigenvalue weighted by molar-refractivity contribution is -0.131. The Morgan fingerprint density at radius 3 is 2.47 bits per heavy atom. The van der Waals surface area contributed by atoms with Crippen LogP contribution in [-0.4, -0.2) is 47.8 Å². The normalized spacial score (nSPS) is 19.7. The summed E-state index contributed by atoms with van der Waals surface area (Å²) in [5.74, 6) is 0.967. The van der Waals surface area contributed by atoms with E-state index in [1.807, 2.05) is 36.6 Å². The molecule has 1 saturated heterocycles. The zero-order valence-corrected chi connectivity index (χ0v) is 18.3. The average Bonchev–Trinajstić information content (AvgIpc) is 3.31. The molecule has 5 nitrogen and oxygen atoms in total. The van der Waals surface area contributed by atoms with Crippen LogP contribution < -0.4 is 0 Å². The molecule has 1 aromatic carbocycles. The highest BCUT2D eigenvalue weighted by Crippen LogP contribution is 2.52. The van der Waals surface area contributed by atoms with E-state index in [1.54, 1.807) is 6.26 Å². The number of carbonyl (C=O) groups is 2. The van der Waals surface area contributed by atoms with E-state index in [-0.39, 0.29) is 23.1 Å². The van der Waals surface area contributed by atoms with Gasteiger partial charge in [0.25, 0.3) is 5.91 Å². The lowest BCUT2D eigenvalue weighted by atomic mass is 9.73. The smallest absolute Gasteiger partial charge is 0.289 e. The molecule has 1 aliphatic carbocycles. The molecule has 0 unspecified atom stereocenters. The maximum atomic E-state index is 12.9. The van der Waals surface area contributed by atoms with Gasteiger partial charge in [0.2, 0.25) is 5.91 Å². The maximum absolute atomic E-state index is 12.9. The van der Waals surface area contributed by atoms with Crippen LogP contribution in [0.2, 0.25) is 0 Å². The van der Waals surface area contributed by atoms with Crippen LogP contribution in [0.1, 0.15) is 72.7 Å². The van der Waals surface area contributed by atoms with Crippen LogP contribution in [0.4, 0.5) is 0 Å². The van der Waals surface area contributed by atoms with Gasteiger partial charge in [-0.05, 0) is 68.6 Å². The molecular formula is C25H32N2O3. The number of aryl methyl sites for hydroxylation is 1. The van der Waals surface area contributed by atoms with E-state index in [0.717, 1.165) is 51.0 Å². The predicted octanol–water partition coefficient (Wildman–Crippen LogP) is 4.51. The van der Waals surface area contributed by atoms with Crippen molar-refractivity contribution in [3.05, 3.63) is 59.0 Å². The molecule has 0 bridgehead atoms. The van der Waals surface area contributed by atoms with Gasteiger partial charge in [-0.1, -0.05) is 24.3 Å². The fourth-order valence-electron chi connectivity index (χ4n) is 5.47. The third-order valence-electron chi connectivity index (χ3n) is 7.21. The number of benzene rings is 1. The summed E-state index contributed by atoms with van der Waals surface area (Å²) in [6.45, 7) is 8.97. The minimum Gasteiger partial charge on any atom is -0.459 e. The van der Waals surface area contributed by atoms with Crippen molar-refractivity contribution in [3.63, 3.8) is 0 Å². The Morgan fingerprint density at radius 1 is 1.13 bits per heavy atom. The molecule has 1 aliphatic heterocycles. The van der Waals surface area contributed by atoms with Crippen LogP contribution in [0.3, 0.4) is 0 Å². The molecule has 160 valence electrons. The summed E-state index contributed by atoms with van der Waals surface area (Å²) in [5.41, 5.74) is 3.68. The molecule has 2 aromatic rings. The summed E-state index contributed by atoms with van der Waals surface area (Å²) in [6.07, 6.45) is 5.03. The lowest BCUT2D eigenvalue weighted by Crippen LogP contribution is -2.44. The molecule has 0 radical (unpaired) electrons. The van der Waals surface area contributed by atoms with Crippen LogP contribution in [-0.2, 0) is 10.2 Å². The Bertz CT molecular complexity index is 920. The van der Waals surface area contributed by atoms with Gasteiger partial charge in [0.1, 0.15) is 0 Å². The molecule has 1 spiro atoms. The van der Waals surface area contributed by atoms with Crippen molar-refractivity contribution in [2.45, 2.75) is 57.8 Å². The maximum Gasteiger partial charge on any atom is 0.289 e. The highest BCUT2D eigenvalue weighted by Gasteiger charge is 2.46. The molecule has 2 heterocycles. The summed E-state index contributed by atoms with van der Waals surface area (Å²) in [4.78, 5) is 29.5. The molecule has 2 aliphatic rings. The number of nitrogens with zero attached hydrogens (tertiary/aromatic N) is 2. The van der Waals surface area contributed by atoms with Gasteiger partial charge >= 0.3 is 0 Å². The number of carbonyl (C=O) groups excluding carboxylic acids is 2. The zero-order chi connectivity index (χ0) is 21.3. The van der Waals surface area contributed by atoms with Crippen LogP contribution in [0.5, 0.6) is 0 Å². The Hall–Kier alpha value is -2.56. The largest absolute Gasteiger partial charge is 0.459 e. The number of rotatable bonds is 5. The molecule has 4 rings (SSSR count). The minimum absolute atomic E-state index is 0.00751. The van der Waals surface area contributed by atoms with Crippen LogP contribution in [0.25, 0.3) is 0 Å². The molecule has 1 atom stereocenters. The number of amides is 2. The summed E-state index contributed by atoms with van der Waals surface area (Å²) in [7, 11) is 0. The van der Waals surface area contributed by atoms with Crippen LogP contribution >= 0.6 is 0 Å². The first-order valence-corrected chi connectivity index (χ1v) is 11.2. The molecule has 2 amide bonds. The summed E-state index contributed by atoms with van der Waals surface area (Å²) in [5, 5.41) is 0. The van der Waals surface area contributed by atoms with Crippen LogP contribution in [0, 0.1) is 6.92 Å². The second-order valence-corrected chi connectivity index (χ2v) is 8.76. The SMILES string of the molecule is CCN(CC)C(=O)C[C@H]1CC2(CCN(C(=O)c3occc3C)CC2)c2ccccc21. The highest BCUT2D eigenvalue weighted by molar-refractivity contribution is 5.93. The van der Waals surface area contributed by atoms with Gasteiger partial charge < -0.3 is 14.2 Å². The minimum atomic E-state index is -0.00751. The molecule has 30 heavy (non-hydrogen) atoms. The second kappa shape index (κ2) is 8.29. The van der Waals surface area contributed by atoms with E-state index in [9.17, 15) is 9.59 Å². The Labute approximate surface area is 179 Å². The first-order valence-electron chi connectivity index (χ1n) is 11.2. The summed E-state index contributed by atoms with van der Waals surface area (Å²) in [6, 6.07) is 10.5. The van der Waals surface area contributed by atoms with Gasteiger partial charge in [-0.3, -0.25) is 9.59 Å². The van der Waals surface area contributed by atoms with Crippen molar-refractivity contribution >= 4 is 11.8 Å². The van der Waals surface area contributed by atoms with Gasteiger partial charge in [-0.25, -0.2) is 0 Å².